The number of nitrogens with one attached hydrogen (secondary N) is 3. The van der Waals surface area contributed by atoms with E-state index in [-0.39, 0.29) is 24.5 Å². The summed E-state index contributed by atoms with van der Waals surface area (Å²) < 4.78 is 0. The maximum atomic E-state index is 11.9. The maximum Gasteiger partial charge on any atom is 0.238 e. The van der Waals surface area contributed by atoms with E-state index < -0.39 is 0 Å². The predicted octanol–water partition coefficient (Wildman–Crippen LogP) is 2.09. The van der Waals surface area contributed by atoms with Crippen molar-refractivity contribution in [2.24, 2.45) is 0 Å². The Morgan fingerprint density at radius 3 is 2.41 bits per heavy atom. The van der Waals surface area contributed by atoms with Crippen LogP contribution in [0.25, 0.3) is 0 Å². The van der Waals surface area contributed by atoms with E-state index in [0.29, 0.717) is 16.7 Å². The van der Waals surface area contributed by atoms with Crippen molar-refractivity contribution in [2.45, 2.75) is 44.6 Å². The van der Waals surface area contributed by atoms with Gasteiger partial charge in [0.15, 0.2) is 10.9 Å². The first kappa shape index (κ1) is 16.4. The summed E-state index contributed by atoms with van der Waals surface area (Å²) in [5.41, 5.74) is 5.83. The number of carbonyl (C=O) groups is 2. The molecule has 2 rings (SSSR count). The summed E-state index contributed by atoms with van der Waals surface area (Å²) in [6, 6.07) is 9.37. The van der Waals surface area contributed by atoms with Gasteiger partial charge in [-0.15, -0.1) is 0 Å². The second-order valence-corrected chi connectivity index (χ2v) is 5.83. The van der Waals surface area contributed by atoms with Crippen LogP contribution in [-0.4, -0.2) is 22.8 Å². The highest BCUT2D eigenvalue weighted by Gasteiger charge is 2.15. The molecule has 0 aliphatic heterocycles. The lowest BCUT2D eigenvalue weighted by Crippen LogP contribution is -2.49. The van der Waals surface area contributed by atoms with Gasteiger partial charge in [-0.05, 0) is 25.1 Å². The quantitative estimate of drug-likeness (QED) is 0.440. The number of amides is 1. The molecular formula is C16H21N3O2S. The van der Waals surface area contributed by atoms with Crippen LogP contribution in [0.4, 0.5) is 0 Å². The summed E-state index contributed by atoms with van der Waals surface area (Å²) in [6.45, 7) is 0. The van der Waals surface area contributed by atoms with Gasteiger partial charge < -0.3 is 5.32 Å². The van der Waals surface area contributed by atoms with Gasteiger partial charge in [0.2, 0.25) is 5.91 Å². The van der Waals surface area contributed by atoms with Gasteiger partial charge in [0.1, 0.15) is 0 Å². The van der Waals surface area contributed by atoms with Crippen molar-refractivity contribution >= 4 is 29.0 Å². The number of rotatable bonds is 5. The second kappa shape index (κ2) is 8.48. The molecule has 0 heterocycles. The van der Waals surface area contributed by atoms with Crippen molar-refractivity contribution < 1.29 is 9.59 Å². The number of Topliss-reactive ketones (excluding diaryl/α,β-unsaturated/α-hetero) is 1. The van der Waals surface area contributed by atoms with Gasteiger partial charge in [0.05, 0.1) is 0 Å². The molecule has 0 radical (unpaired) electrons. The summed E-state index contributed by atoms with van der Waals surface area (Å²) in [4.78, 5) is 23.6. The lowest BCUT2D eigenvalue weighted by atomic mass is 10.1. The first-order valence-corrected chi connectivity index (χ1v) is 7.99. The molecule has 1 saturated carbocycles. The van der Waals surface area contributed by atoms with Gasteiger partial charge in [-0.2, -0.15) is 0 Å². The zero-order valence-electron chi connectivity index (χ0n) is 12.4. The highest BCUT2D eigenvalue weighted by molar-refractivity contribution is 7.80. The monoisotopic (exact) mass is 319 g/mol. The minimum absolute atomic E-state index is 0.0394. The highest BCUT2D eigenvalue weighted by Crippen LogP contribution is 2.17. The molecule has 3 N–H and O–H groups in total. The fourth-order valence-corrected chi connectivity index (χ4v) is 2.69. The summed E-state index contributed by atoms with van der Waals surface area (Å²) in [5, 5.41) is 3.59. The van der Waals surface area contributed by atoms with Crippen LogP contribution in [0.5, 0.6) is 0 Å². The molecule has 1 amide bonds. The highest BCUT2D eigenvalue weighted by atomic mass is 32.1. The van der Waals surface area contributed by atoms with E-state index in [9.17, 15) is 9.59 Å². The lowest BCUT2D eigenvalue weighted by Gasteiger charge is -2.16. The SMILES string of the molecule is O=C(CCC(=O)c1ccccc1)NNC(=S)NC1CCCC1. The topological polar surface area (TPSA) is 70.2 Å². The Kier molecular flexibility index (Phi) is 6.33. The van der Waals surface area contributed by atoms with Gasteiger partial charge in [-0.25, -0.2) is 0 Å². The lowest BCUT2D eigenvalue weighted by molar-refractivity contribution is -0.121. The van der Waals surface area contributed by atoms with E-state index in [0.717, 1.165) is 12.8 Å². The van der Waals surface area contributed by atoms with Crippen LogP contribution in [0.15, 0.2) is 30.3 Å². The van der Waals surface area contributed by atoms with Crippen molar-refractivity contribution in [2.75, 3.05) is 0 Å². The molecule has 22 heavy (non-hydrogen) atoms. The van der Waals surface area contributed by atoms with Crippen LogP contribution in [0.2, 0.25) is 0 Å². The number of carbonyl (C=O) groups excluding carboxylic acids is 2. The van der Waals surface area contributed by atoms with Crippen molar-refractivity contribution in [1.82, 2.24) is 16.2 Å². The fourth-order valence-electron chi connectivity index (χ4n) is 2.48. The van der Waals surface area contributed by atoms with Crippen LogP contribution >= 0.6 is 12.2 Å². The number of benzene rings is 1. The largest absolute Gasteiger partial charge is 0.359 e. The fraction of sp³-hybridized carbons (Fsp3) is 0.438. The maximum absolute atomic E-state index is 11.9. The smallest absolute Gasteiger partial charge is 0.238 e. The molecule has 0 bridgehead atoms. The normalized spacial score (nSPS) is 14.4. The molecule has 6 heteroatoms. The Hall–Kier alpha value is -1.95. The van der Waals surface area contributed by atoms with Gasteiger partial charge in [-0.3, -0.25) is 20.4 Å². The molecule has 0 atom stereocenters. The van der Waals surface area contributed by atoms with E-state index in [1.807, 2.05) is 18.2 Å². The van der Waals surface area contributed by atoms with Gasteiger partial charge in [0, 0.05) is 24.4 Å². The third-order valence-corrected chi connectivity index (χ3v) is 3.90. The third kappa shape index (κ3) is 5.44. The van der Waals surface area contributed by atoms with Crippen LogP contribution in [0.1, 0.15) is 48.9 Å². The summed E-state index contributed by atoms with van der Waals surface area (Å²) in [7, 11) is 0. The van der Waals surface area contributed by atoms with E-state index in [4.69, 9.17) is 12.2 Å². The molecule has 118 valence electrons. The standard InChI is InChI=1S/C16H21N3O2S/c20-14(12-6-2-1-3-7-12)10-11-15(21)18-19-16(22)17-13-8-4-5-9-13/h1-3,6-7,13H,4-5,8-11H2,(H,18,21)(H2,17,19,22). The summed E-state index contributed by atoms with van der Waals surface area (Å²) in [5.74, 6) is -0.290. The zero-order valence-corrected chi connectivity index (χ0v) is 13.2. The van der Waals surface area contributed by atoms with Gasteiger partial charge in [-0.1, -0.05) is 43.2 Å². The van der Waals surface area contributed by atoms with Crippen LogP contribution in [0.3, 0.4) is 0 Å². The third-order valence-electron chi connectivity index (χ3n) is 3.68. The molecule has 0 saturated heterocycles. The van der Waals surface area contributed by atoms with E-state index in [2.05, 4.69) is 16.2 Å². The Labute approximate surface area is 135 Å². The molecule has 1 aliphatic carbocycles. The minimum Gasteiger partial charge on any atom is -0.359 e. The number of hydrogen-bond donors (Lipinski definition) is 3. The minimum atomic E-state index is -0.250. The van der Waals surface area contributed by atoms with Crippen molar-refractivity contribution in [3.63, 3.8) is 0 Å². The number of hydrogen-bond acceptors (Lipinski definition) is 3. The average molecular weight is 319 g/mol. The molecule has 0 spiro atoms. The van der Waals surface area contributed by atoms with Crippen molar-refractivity contribution in [3.8, 4) is 0 Å². The van der Waals surface area contributed by atoms with Crippen LogP contribution < -0.4 is 16.2 Å². The summed E-state index contributed by atoms with van der Waals surface area (Å²) >= 11 is 5.12. The average Bonchev–Trinajstić information content (AvgIpc) is 3.04. The molecule has 1 aromatic rings. The first-order chi connectivity index (χ1) is 10.6. The first-order valence-electron chi connectivity index (χ1n) is 7.59. The molecule has 0 aromatic heterocycles. The zero-order chi connectivity index (χ0) is 15.8. The van der Waals surface area contributed by atoms with E-state index in [1.165, 1.54) is 12.8 Å². The molecule has 5 nitrogen and oxygen atoms in total. The van der Waals surface area contributed by atoms with Gasteiger partial charge >= 0.3 is 0 Å². The van der Waals surface area contributed by atoms with Crippen LogP contribution in [-0.2, 0) is 4.79 Å². The second-order valence-electron chi connectivity index (χ2n) is 5.42. The molecule has 0 unspecified atom stereocenters. The van der Waals surface area contributed by atoms with Crippen molar-refractivity contribution in [3.05, 3.63) is 35.9 Å². The summed E-state index contributed by atoms with van der Waals surface area (Å²) in [6.07, 6.45) is 4.97. The van der Waals surface area contributed by atoms with Crippen molar-refractivity contribution in [1.29, 1.82) is 0 Å². The number of ketones is 1. The number of thiocarbonyl (C=S) groups is 1. The molecule has 1 aliphatic rings. The molecular weight excluding hydrogens is 298 g/mol. The number of hydrazine groups is 1. The Morgan fingerprint density at radius 1 is 1.05 bits per heavy atom. The van der Waals surface area contributed by atoms with E-state index in [1.54, 1.807) is 12.1 Å². The Bertz CT molecular complexity index is 527. The van der Waals surface area contributed by atoms with Crippen LogP contribution in [0, 0.1) is 0 Å². The van der Waals surface area contributed by atoms with E-state index >= 15 is 0 Å². The Morgan fingerprint density at radius 2 is 1.73 bits per heavy atom. The Balaban J connectivity index is 1.63. The predicted molar refractivity (Wildman–Crippen MR) is 89.3 cm³/mol. The molecule has 1 fully saturated rings. The van der Waals surface area contributed by atoms with Gasteiger partial charge in [0.25, 0.3) is 0 Å². The molecule has 1 aromatic carbocycles.